The van der Waals surface area contributed by atoms with Gasteiger partial charge in [-0.1, -0.05) is 31.2 Å². The molecule has 0 spiro atoms. The molecule has 1 heterocycles. The van der Waals surface area contributed by atoms with Gasteiger partial charge in [0.15, 0.2) is 0 Å². The predicted molar refractivity (Wildman–Crippen MR) is 114 cm³/mol. The highest BCUT2D eigenvalue weighted by atomic mass is 16.5. The number of nitrogens with zero attached hydrogens (tertiary/aromatic N) is 1. The lowest BCUT2D eigenvalue weighted by Gasteiger charge is -2.34. The highest BCUT2D eigenvalue weighted by Gasteiger charge is 2.31. The van der Waals surface area contributed by atoms with Crippen molar-refractivity contribution < 1.29 is 14.3 Å². The summed E-state index contributed by atoms with van der Waals surface area (Å²) in [4.78, 5) is 27.2. The Hall–Kier alpha value is -2.86. The van der Waals surface area contributed by atoms with Crippen LogP contribution in [-0.2, 0) is 11.2 Å². The van der Waals surface area contributed by atoms with Crippen LogP contribution >= 0.6 is 0 Å². The zero-order chi connectivity index (χ0) is 20.8. The molecule has 0 aromatic heterocycles. The predicted octanol–water partition coefficient (Wildman–Crippen LogP) is 2.49. The Balaban J connectivity index is 1.62. The standard InChI is InChI=1S/C23H29N3O3/c1-16(18-14-24-15-18)23(28)26(2)21-7-5-4-6-20(21)22(27)25-13-12-17-8-10-19(29-3)11-9-17/h4-11,16,18,24H,12-15H2,1-3H3,(H,25,27). The Kier molecular flexibility index (Phi) is 6.88. The average Bonchev–Trinajstić information content (AvgIpc) is 2.71. The third kappa shape index (κ3) is 4.95. The first kappa shape index (κ1) is 20.9. The number of ether oxygens (including phenoxy) is 1. The molecular weight excluding hydrogens is 366 g/mol. The zero-order valence-corrected chi connectivity index (χ0v) is 17.3. The van der Waals surface area contributed by atoms with Crippen LogP contribution in [0.25, 0.3) is 0 Å². The van der Waals surface area contributed by atoms with E-state index in [-0.39, 0.29) is 17.7 Å². The van der Waals surface area contributed by atoms with Crippen LogP contribution in [0.4, 0.5) is 5.69 Å². The first-order chi connectivity index (χ1) is 14.0. The van der Waals surface area contributed by atoms with Gasteiger partial charge in [-0.2, -0.15) is 0 Å². The van der Waals surface area contributed by atoms with Crippen molar-refractivity contribution in [3.8, 4) is 5.75 Å². The van der Waals surface area contributed by atoms with Crippen molar-refractivity contribution in [2.45, 2.75) is 13.3 Å². The van der Waals surface area contributed by atoms with Gasteiger partial charge in [-0.05, 0) is 55.3 Å². The Morgan fingerprint density at radius 1 is 1.17 bits per heavy atom. The molecule has 1 unspecified atom stereocenters. The molecule has 2 aromatic carbocycles. The molecule has 1 aliphatic heterocycles. The number of carbonyl (C=O) groups excluding carboxylic acids is 2. The average molecular weight is 396 g/mol. The molecule has 0 bridgehead atoms. The quantitative estimate of drug-likeness (QED) is 0.721. The number of nitrogens with one attached hydrogen (secondary N) is 2. The highest BCUT2D eigenvalue weighted by Crippen LogP contribution is 2.24. The molecule has 1 aliphatic rings. The van der Waals surface area contributed by atoms with Crippen LogP contribution in [0.15, 0.2) is 48.5 Å². The summed E-state index contributed by atoms with van der Waals surface area (Å²) in [6.45, 7) is 4.21. The van der Waals surface area contributed by atoms with E-state index in [2.05, 4.69) is 10.6 Å². The summed E-state index contributed by atoms with van der Waals surface area (Å²) in [5.74, 6) is 0.955. The summed E-state index contributed by atoms with van der Waals surface area (Å²) in [5.41, 5.74) is 2.27. The van der Waals surface area contributed by atoms with E-state index in [0.717, 1.165) is 30.8 Å². The number of carbonyl (C=O) groups is 2. The largest absolute Gasteiger partial charge is 0.497 e. The van der Waals surface area contributed by atoms with E-state index in [9.17, 15) is 9.59 Å². The summed E-state index contributed by atoms with van der Waals surface area (Å²) in [5, 5.41) is 6.17. The van der Waals surface area contributed by atoms with Crippen molar-refractivity contribution in [1.82, 2.24) is 10.6 Å². The van der Waals surface area contributed by atoms with Gasteiger partial charge in [-0.15, -0.1) is 0 Å². The van der Waals surface area contributed by atoms with Crippen molar-refractivity contribution in [3.05, 3.63) is 59.7 Å². The first-order valence-corrected chi connectivity index (χ1v) is 9.99. The fourth-order valence-electron chi connectivity index (χ4n) is 3.46. The van der Waals surface area contributed by atoms with Crippen LogP contribution in [-0.4, -0.2) is 45.6 Å². The van der Waals surface area contributed by atoms with E-state index in [1.165, 1.54) is 0 Å². The molecule has 0 radical (unpaired) electrons. The van der Waals surface area contributed by atoms with Crippen LogP contribution in [0, 0.1) is 11.8 Å². The minimum Gasteiger partial charge on any atom is -0.497 e. The van der Waals surface area contributed by atoms with E-state index in [4.69, 9.17) is 4.74 Å². The van der Waals surface area contributed by atoms with Crippen molar-refractivity contribution in [3.63, 3.8) is 0 Å². The van der Waals surface area contributed by atoms with Gasteiger partial charge < -0.3 is 20.3 Å². The molecule has 1 saturated heterocycles. The number of methoxy groups -OCH3 is 1. The van der Waals surface area contributed by atoms with E-state index in [1.54, 1.807) is 25.1 Å². The third-order valence-electron chi connectivity index (χ3n) is 5.61. The number of anilines is 1. The molecule has 2 aromatic rings. The van der Waals surface area contributed by atoms with Gasteiger partial charge in [0.25, 0.3) is 5.91 Å². The molecule has 3 rings (SSSR count). The molecule has 0 aliphatic carbocycles. The number of hydrogen-bond acceptors (Lipinski definition) is 4. The topological polar surface area (TPSA) is 70.7 Å². The molecule has 2 amide bonds. The van der Waals surface area contributed by atoms with Gasteiger partial charge in [-0.25, -0.2) is 0 Å². The van der Waals surface area contributed by atoms with E-state index in [1.807, 2.05) is 49.4 Å². The fraction of sp³-hybridized carbons (Fsp3) is 0.391. The van der Waals surface area contributed by atoms with Crippen molar-refractivity contribution >= 4 is 17.5 Å². The molecule has 2 N–H and O–H groups in total. The number of rotatable bonds is 8. The minimum atomic E-state index is -0.174. The van der Waals surface area contributed by atoms with Gasteiger partial charge in [0.05, 0.1) is 18.4 Å². The summed E-state index contributed by atoms with van der Waals surface area (Å²) in [7, 11) is 3.38. The van der Waals surface area contributed by atoms with Crippen molar-refractivity contribution in [2.24, 2.45) is 11.8 Å². The lowest BCUT2D eigenvalue weighted by atomic mass is 9.88. The van der Waals surface area contributed by atoms with Crippen LogP contribution < -0.4 is 20.3 Å². The molecule has 1 atom stereocenters. The molecule has 1 fully saturated rings. The van der Waals surface area contributed by atoms with Crippen LogP contribution in [0.5, 0.6) is 5.75 Å². The van der Waals surface area contributed by atoms with Gasteiger partial charge in [0.2, 0.25) is 5.91 Å². The number of hydrogen-bond donors (Lipinski definition) is 2. The summed E-state index contributed by atoms with van der Waals surface area (Å²) >= 11 is 0. The summed E-state index contributed by atoms with van der Waals surface area (Å²) in [6, 6.07) is 15.0. The second-order valence-electron chi connectivity index (χ2n) is 7.48. The Bertz CT molecular complexity index is 847. The highest BCUT2D eigenvalue weighted by molar-refractivity contribution is 6.05. The second kappa shape index (κ2) is 9.56. The zero-order valence-electron chi connectivity index (χ0n) is 17.3. The fourth-order valence-corrected chi connectivity index (χ4v) is 3.46. The Morgan fingerprint density at radius 2 is 1.86 bits per heavy atom. The summed E-state index contributed by atoms with van der Waals surface area (Å²) < 4.78 is 5.16. The monoisotopic (exact) mass is 395 g/mol. The Labute approximate surface area is 172 Å². The first-order valence-electron chi connectivity index (χ1n) is 9.99. The summed E-state index contributed by atoms with van der Waals surface area (Å²) in [6.07, 6.45) is 0.721. The maximum Gasteiger partial charge on any atom is 0.253 e. The maximum absolute atomic E-state index is 12.9. The SMILES string of the molecule is COc1ccc(CCNC(=O)c2ccccc2N(C)C(=O)C(C)C2CNC2)cc1. The minimum absolute atomic E-state index is 0.0370. The van der Waals surface area contributed by atoms with Crippen molar-refractivity contribution in [2.75, 3.05) is 38.7 Å². The molecule has 0 saturated carbocycles. The van der Waals surface area contributed by atoms with E-state index < -0.39 is 0 Å². The smallest absolute Gasteiger partial charge is 0.253 e. The van der Waals surface area contributed by atoms with Crippen molar-refractivity contribution in [1.29, 1.82) is 0 Å². The van der Waals surface area contributed by atoms with E-state index in [0.29, 0.717) is 23.7 Å². The van der Waals surface area contributed by atoms with Gasteiger partial charge in [0, 0.05) is 19.5 Å². The number of amides is 2. The molecule has 6 heteroatoms. The second-order valence-corrected chi connectivity index (χ2v) is 7.48. The lowest BCUT2D eigenvalue weighted by molar-refractivity contribution is -0.123. The normalized spacial score (nSPS) is 14.6. The molecule has 6 nitrogen and oxygen atoms in total. The molecule has 154 valence electrons. The van der Waals surface area contributed by atoms with Crippen LogP contribution in [0.2, 0.25) is 0 Å². The number of para-hydroxylation sites is 1. The van der Waals surface area contributed by atoms with Crippen LogP contribution in [0.1, 0.15) is 22.8 Å². The molecule has 29 heavy (non-hydrogen) atoms. The van der Waals surface area contributed by atoms with E-state index >= 15 is 0 Å². The number of benzene rings is 2. The molecular formula is C23H29N3O3. The van der Waals surface area contributed by atoms with Crippen LogP contribution in [0.3, 0.4) is 0 Å². The third-order valence-corrected chi connectivity index (χ3v) is 5.61. The maximum atomic E-state index is 12.9. The Morgan fingerprint density at radius 3 is 2.48 bits per heavy atom. The van der Waals surface area contributed by atoms with Gasteiger partial charge >= 0.3 is 0 Å². The van der Waals surface area contributed by atoms with Gasteiger partial charge in [-0.3, -0.25) is 9.59 Å². The lowest BCUT2D eigenvalue weighted by Crippen LogP contribution is -2.50. The van der Waals surface area contributed by atoms with Gasteiger partial charge in [0.1, 0.15) is 5.75 Å².